The van der Waals surface area contributed by atoms with Crippen LogP contribution in [0.4, 0.5) is 5.82 Å². The molecule has 0 fully saturated rings. The fourth-order valence-electron chi connectivity index (χ4n) is 1.87. The number of halogens is 1. The van der Waals surface area contributed by atoms with Gasteiger partial charge in [-0.15, -0.1) is 12.4 Å². The Kier molecular flexibility index (Phi) is 4.78. The molecule has 0 amide bonds. The highest BCUT2D eigenvalue weighted by atomic mass is 35.5. The van der Waals surface area contributed by atoms with Gasteiger partial charge in [-0.05, 0) is 20.8 Å². The van der Waals surface area contributed by atoms with Crippen LogP contribution < -0.4 is 5.32 Å². The van der Waals surface area contributed by atoms with Gasteiger partial charge in [0.05, 0.1) is 11.9 Å². The summed E-state index contributed by atoms with van der Waals surface area (Å²) in [5.74, 6) is 1.06. The maximum Gasteiger partial charge on any atom is 0.127 e. The molecule has 0 saturated carbocycles. The second-order valence-electron chi connectivity index (χ2n) is 4.25. The van der Waals surface area contributed by atoms with Gasteiger partial charge in [-0.3, -0.25) is 9.36 Å². The van der Waals surface area contributed by atoms with Gasteiger partial charge in [-0.2, -0.15) is 10.2 Å². The first-order valence-electron chi connectivity index (χ1n) is 5.87. The summed E-state index contributed by atoms with van der Waals surface area (Å²) in [4.78, 5) is 0. The lowest BCUT2D eigenvalue weighted by Crippen LogP contribution is -2.06. The van der Waals surface area contributed by atoms with Gasteiger partial charge in [-0.1, -0.05) is 0 Å². The lowest BCUT2D eigenvalue weighted by molar-refractivity contribution is 0.653. The first-order chi connectivity index (χ1) is 8.11. The van der Waals surface area contributed by atoms with Gasteiger partial charge >= 0.3 is 0 Å². The van der Waals surface area contributed by atoms with Crippen LogP contribution in [0.2, 0.25) is 0 Å². The molecule has 0 radical (unpaired) electrons. The van der Waals surface area contributed by atoms with Crippen molar-refractivity contribution in [2.45, 2.75) is 33.9 Å². The molecule has 2 heterocycles. The summed E-state index contributed by atoms with van der Waals surface area (Å²) in [5.41, 5.74) is 3.47. The Balaban J connectivity index is 0.00000162. The minimum atomic E-state index is 0. The van der Waals surface area contributed by atoms with E-state index < -0.39 is 0 Å². The fourth-order valence-corrected chi connectivity index (χ4v) is 1.87. The second kappa shape index (κ2) is 5.91. The van der Waals surface area contributed by atoms with Gasteiger partial charge in [0.25, 0.3) is 0 Å². The van der Waals surface area contributed by atoms with Gasteiger partial charge < -0.3 is 5.32 Å². The fraction of sp³-hybridized carbons (Fsp3) is 0.500. The zero-order chi connectivity index (χ0) is 12.4. The van der Waals surface area contributed by atoms with Crippen LogP contribution in [0.25, 0.3) is 0 Å². The van der Waals surface area contributed by atoms with Crippen molar-refractivity contribution >= 4 is 18.2 Å². The van der Waals surface area contributed by atoms with Crippen LogP contribution in [0.1, 0.15) is 23.7 Å². The Morgan fingerprint density at radius 2 is 2.06 bits per heavy atom. The molecule has 2 rings (SSSR count). The van der Waals surface area contributed by atoms with Crippen molar-refractivity contribution in [2.24, 2.45) is 7.05 Å². The Hall–Kier alpha value is -1.49. The molecule has 6 heteroatoms. The van der Waals surface area contributed by atoms with Crippen molar-refractivity contribution < 1.29 is 0 Å². The van der Waals surface area contributed by atoms with Crippen LogP contribution in [-0.4, -0.2) is 19.6 Å². The summed E-state index contributed by atoms with van der Waals surface area (Å²) in [6, 6.07) is 0. The largest absolute Gasteiger partial charge is 0.366 e. The zero-order valence-corrected chi connectivity index (χ0v) is 12.1. The molecular weight excluding hydrogens is 250 g/mol. The second-order valence-corrected chi connectivity index (χ2v) is 4.25. The third-order valence-electron chi connectivity index (χ3n) is 2.94. The van der Waals surface area contributed by atoms with E-state index in [1.165, 1.54) is 5.56 Å². The van der Waals surface area contributed by atoms with Crippen molar-refractivity contribution in [3.63, 3.8) is 0 Å². The van der Waals surface area contributed by atoms with E-state index >= 15 is 0 Å². The number of anilines is 1. The molecule has 18 heavy (non-hydrogen) atoms. The summed E-state index contributed by atoms with van der Waals surface area (Å²) < 4.78 is 3.82. The van der Waals surface area contributed by atoms with Gasteiger partial charge in [-0.25, -0.2) is 0 Å². The number of hydrogen-bond acceptors (Lipinski definition) is 3. The van der Waals surface area contributed by atoms with E-state index in [4.69, 9.17) is 0 Å². The molecule has 0 spiro atoms. The molecule has 2 aromatic heterocycles. The number of aryl methyl sites for hydroxylation is 4. The predicted octanol–water partition coefficient (Wildman–Crippen LogP) is 2.29. The summed E-state index contributed by atoms with van der Waals surface area (Å²) in [5, 5.41) is 12.0. The van der Waals surface area contributed by atoms with Crippen LogP contribution in [-0.2, 0) is 20.1 Å². The molecule has 0 unspecified atom stereocenters. The first-order valence-corrected chi connectivity index (χ1v) is 5.87. The van der Waals surface area contributed by atoms with Crippen molar-refractivity contribution in [2.75, 3.05) is 5.32 Å². The quantitative estimate of drug-likeness (QED) is 0.926. The Morgan fingerprint density at radius 3 is 2.56 bits per heavy atom. The molecule has 2 aromatic rings. The number of hydrogen-bond donors (Lipinski definition) is 1. The van der Waals surface area contributed by atoms with E-state index in [1.807, 2.05) is 29.5 Å². The van der Waals surface area contributed by atoms with Gasteiger partial charge in [0.15, 0.2) is 0 Å². The number of aromatic nitrogens is 4. The molecule has 0 aliphatic heterocycles. The average molecular weight is 270 g/mol. The standard InChI is InChI=1S/C12H19N5.ClH/c1-5-17-8-11(10(3)15-17)7-13-12-9(2)6-14-16(12)4;/h6,8,13H,5,7H2,1-4H3;1H. The SMILES string of the molecule is CCn1cc(CNc2c(C)cnn2C)c(C)n1.Cl. The van der Waals surface area contributed by atoms with Crippen LogP contribution in [0.5, 0.6) is 0 Å². The summed E-state index contributed by atoms with van der Waals surface area (Å²) in [6.07, 6.45) is 3.96. The van der Waals surface area contributed by atoms with Crippen molar-refractivity contribution in [3.8, 4) is 0 Å². The topological polar surface area (TPSA) is 47.7 Å². The summed E-state index contributed by atoms with van der Waals surface area (Å²) in [6.45, 7) is 7.88. The average Bonchev–Trinajstić information content (AvgIpc) is 2.81. The molecule has 0 aromatic carbocycles. The van der Waals surface area contributed by atoms with Gasteiger partial charge in [0.1, 0.15) is 5.82 Å². The molecule has 0 saturated heterocycles. The van der Waals surface area contributed by atoms with Crippen LogP contribution in [0, 0.1) is 13.8 Å². The van der Waals surface area contributed by atoms with Crippen LogP contribution in [0.15, 0.2) is 12.4 Å². The number of nitrogens with zero attached hydrogens (tertiary/aromatic N) is 4. The molecule has 0 aliphatic carbocycles. The molecule has 0 aliphatic rings. The van der Waals surface area contributed by atoms with Crippen LogP contribution in [0.3, 0.4) is 0 Å². The molecule has 0 atom stereocenters. The van der Waals surface area contributed by atoms with Crippen LogP contribution >= 0.6 is 12.4 Å². The molecular formula is C12H20ClN5. The minimum Gasteiger partial charge on any atom is -0.366 e. The highest BCUT2D eigenvalue weighted by Gasteiger charge is 2.07. The van der Waals surface area contributed by atoms with Crippen molar-refractivity contribution in [1.29, 1.82) is 0 Å². The van der Waals surface area contributed by atoms with Gasteiger partial charge in [0.2, 0.25) is 0 Å². The zero-order valence-electron chi connectivity index (χ0n) is 11.3. The molecule has 100 valence electrons. The third-order valence-corrected chi connectivity index (χ3v) is 2.94. The van der Waals surface area contributed by atoms with E-state index in [0.717, 1.165) is 30.2 Å². The lowest BCUT2D eigenvalue weighted by atomic mass is 10.2. The van der Waals surface area contributed by atoms with Crippen molar-refractivity contribution in [3.05, 3.63) is 29.2 Å². The predicted molar refractivity (Wildman–Crippen MR) is 75.2 cm³/mol. The van der Waals surface area contributed by atoms with E-state index in [1.54, 1.807) is 0 Å². The third kappa shape index (κ3) is 2.85. The highest BCUT2D eigenvalue weighted by Crippen LogP contribution is 2.14. The molecule has 1 N–H and O–H groups in total. The summed E-state index contributed by atoms with van der Waals surface area (Å²) >= 11 is 0. The van der Waals surface area contributed by atoms with Gasteiger partial charge in [0, 0.05) is 37.5 Å². The highest BCUT2D eigenvalue weighted by molar-refractivity contribution is 5.85. The Labute approximate surface area is 114 Å². The molecule has 5 nitrogen and oxygen atoms in total. The van der Waals surface area contributed by atoms with E-state index in [-0.39, 0.29) is 12.4 Å². The maximum atomic E-state index is 4.43. The smallest absolute Gasteiger partial charge is 0.127 e. The van der Waals surface area contributed by atoms with E-state index in [0.29, 0.717) is 0 Å². The van der Waals surface area contributed by atoms with E-state index in [2.05, 4.69) is 35.6 Å². The normalized spacial score (nSPS) is 10.2. The lowest BCUT2D eigenvalue weighted by Gasteiger charge is -2.06. The summed E-state index contributed by atoms with van der Waals surface area (Å²) in [7, 11) is 1.94. The van der Waals surface area contributed by atoms with Crippen molar-refractivity contribution in [1.82, 2.24) is 19.6 Å². The van der Waals surface area contributed by atoms with E-state index in [9.17, 15) is 0 Å². The first kappa shape index (κ1) is 14.6. The Bertz CT molecular complexity index is 495. The Morgan fingerprint density at radius 1 is 1.33 bits per heavy atom. The number of rotatable bonds is 4. The molecule has 0 bridgehead atoms. The number of nitrogens with one attached hydrogen (secondary N) is 1. The monoisotopic (exact) mass is 269 g/mol. The maximum absolute atomic E-state index is 4.43. The minimum absolute atomic E-state index is 0.